The fraction of sp³-hybridized carbons (Fsp3) is 0.286. The number of amides is 1. The van der Waals surface area contributed by atoms with Gasteiger partial charge in [0.05, 0.1) is 23.9 Å². The third-order valence-corrected chi connectivity index (χ3v) is 5.28. The lowest BCUT2D eigenvalue weighted by Crippen LogP contribution is -2.40. The van der Waals surface area contributed by atoms with Crippen LogP contribution in [0.2, 0.25) is 0 Å². The second kappa shape index (κ2) is 9.29. The molecule has 1 fully saturated rings. The van der Waals surface area contributed by atoms with Crippen LogP contribution in [0, 0.1) is 11.3 Å². The summed E-state index contributed by atoms with van der Waals surface area (Å²) in [6.45, 7) is 4.46. The largest absolute Gasteiger partial charge is 0.494 e. The predicted octanol–water partition coefficient (Wildman–Crippen LogP) is 3.99. The summed E-state index contributed by atoms with van der Waals surface area (Å²) in [4.78, 5) is 19.0. The molecule has 28 heavy (non-hydrogen) atoms. The first-order valence-corrected chi connectivity index (χ1v) is 9.98. The highest BCUT2D eigenvalue weighted by Crippen LogP contribution is 2.28. The number of thioether (sulfide) groups is 1. The molecule has 6 nitrogen and oxygen atoms in total. The molecule has 0 saturated carbocycles. The molecule has 3 rings (SSSR count). The molecule has 1 atom stereocenters. The Hall–Kier alpha value is -2.98. The van der Waals surface area contributed by atoms with Crippen molar-refractivity contribution in [3.05, 3.63) is 54.1 Å². The second-order valence-electron chi connectivity index (χ2n) is 6.17. The van der Waals surface area contributed by atoms with E-state index in [1.807, 2.05) is 38.1 Å². The molecule has 1 heterocycles. The Morgan fingerprint density at radius 2 is 1.82 bits per heavy atom. The summed E-state index contributed by atoms with van der Waals surface area (Å²) in [7, 11) is 0. The van der Waals surface area contributed by atoms with Gasteiger partial charge in [0, 0.05) is 11.8 Å². The van der Waals surface area contributed by atoms with Crippen LogP contribution in [0.15, 0.2) is 53.5 Å². The minimum absolute atomic E-state index is 0.0449. The number of nitrogens with zero attached hydrogens (tertiary/aromatic N) is 3. The molecule has 0 unspecified atom stereocenters. The van der Waals surface area contributed by atoms with E-state index in [1.54, 1.807) is 40.9 Å². The van der Waals surface area contributed by atoms with Gasteiger partial charge in [0.1, 0.15) is 11.5 Å². The van der Waals surface area contributed by atoms with Gasteiger partial charge in [0.2, 0.25) is 0 Å². The number of aliphatic imine (C=N–C) groups is 1. The Morgan fingerprint density at radius 1 is 1.18 bits per heavy atom. The molecule has 1 amide bonds. The number of benzene rings is 2. The summed E-state index contributed by atoms with van der Waals surface area (Å²) in [5.74, 6) is 1.99. The first-order chi connectivity index (χ1) is 13.6. The maximum absolute atomic E-state index is 12.7. The number of rotatable bonds is 6. The average Bonchev–Trinajstić information content (AvgIpc) is 3.08. The molecule has 0 radical (unpaired) electrons. The maximum Gasteiger partial charge on any atom is 0.266 e. The van der Waals surface area contributed by atoms with Gasteiger partial charge >= 0.3 is 0 Å². The van der Waals surface area contributed by atoms with Crippen LogP contribution in [-0.4, -0.2) is 41.0 Å². The number of nitriles is 1. The molecule has 0 aliphatic carbocycles. The predicted molar refractivity (Wildman–Crippen MR) is 110 cm³/mol. The van der Waals surface area contributed by atoms with E-state index in [0.717, 1.165) is 17.2 Å². The Labute approximate surface area is 168 Å². The van der Waals surface area contributed by atoms with Gasteiger partial charge in [-0.25, -0.2) is 4.99 Å². The van der Waals surface area contributed by atoms with Crippen molar-refractivity contribution in [2.24, 2.45) is 4.99 Å². The highest BCUT2D eigenvalue weighted by atomic mass is 32.2. The topological polar surface area (TPSA) is 74.9 Å². The number of carbonyl (C=O) groups is 1. The molecule has 0 spiro atoms. The Kier molecular flexibility index (Phi) is 6.56. The van der Waals surface area contributed by atoms with E-state index in [2.05, 4.69) is 11.1 Å². The summed E-state index contributed by atoms with van der Waals surface area (Å²) in [6, 6.07) is 16.3. The first-order valence-electron chi connectivity index (χ1n) is 9.00. The number of amidine groups is 1. The normalized spacial score (nSPS) is 17.4. The van der Waals surface area contributed by atoms with Crippen LogP contribution in [0.4, 0.5) is 5.69 Å². The van der Waals surface area contributed by atoms with Crippen LogP contribution in [0.1, 0.15) is 19.4 Å². The lowest BCUT2D eigenvalue weighted by atomic mass is 10.2. The number of ether oxygens (including phenoxy) is 2. The molecular weight excluding hydrogens is 374 g/mol. The van der Waals surface area contributed by atoms with E-state index in [9.17, 15) is 4.79 Å². The molecule has 1 aliphatic heterocycles. The molecule has 0 bridgehead atoms. The Balaban J connectivity index is 1.67. The summed E-state index contributed by atoms with van der Waals surface area (Å²) >= 11 is 1.56. The minimum Gasteiger partial charge on any atom is -0.494 e. The lowest BCUT2D eigenvalue weighted by molar-refractivity contribution is -0.130. The number of carbonyl (C=O) groups excluding carboxylic acids is 1. The van der Waals surface area contributed by atoms with Gasteiger partial charge in [-0.1, -0.05) is 11.8 Å². The zero-order valence-corrected chi connectivity index (χ0v) is 16.6. The van der Waals surface area contributed by atoms with Gasteiger partial charge in [0.25, 0.3) is 5.91 Å². The van der Waals surface area contributed by atoms with E-state index in [1.165, 1.54) is 0 Å². The highest BCUT2D eigenvalue weighted by Gasteiger charge is 2.32. The smallest absolute Gasteiger partial charge is 0.266 e. The van der Waals surface area contributed by atoms with Crippen molar-refractivity contribution in [1.29, 1.82) is 5.26 Å². The average molecular weight is 395 g/mol. The van der Waals surface area contributed by atoms with Crippen LogP contribution in [0.25, 0.3) is 0 Å². The van der Waals surface area contributed by atoms with E-state index in [-0.39, 0.29) is 18.6 Å². The van der Waals surface area contributed by atoms with Crippen LogP contribution in [0.3, 0.4) is 0 Å². The fourth-order valence-corrected chi connectivity index (χ4v) is 3.83. The Morgan fingerprint density at radius 3 is 2.46 bits per heavy atom. The summed E-state index contributed by atoms with van der Waals surface area (Å²) < 4.78 is 11.0. The third-order valence-electron chi connectivity index (χ3n) is 4.09. The highest BCUT2D eigenvalue weighted by molar-refractivity contribution is 8.14. The van der Waals surface area contributed by atoms with Gasteiger partial charge in [-0.15, -0.1) is 0 Å². The SMILES string of the molecule is CCOc1ccc(N=C2SC[C@H](C)N2C(=O)COc2ccc(C#N)cc2)cc1. The van der Waals surface area contributed by atoms with Crippen molar-refractivity contribution in [2.75, 3.05) is 19.0 Å². The molecule has 1 aliphatic rings. The van der Waals surface area contributed by atoms with Crippen molar-refractivity contribution in [2.45, 2.75) is 19.9 Å². The molecule has 2 aromatic carbocycles. The van der Waals surface area contributed by atoms with E-state index >= 15 is 0 Å². The van der Waals surface area contributed by atoms with Crippen LogP contribution < -0.4 is 9.47 Å². The zero-order valence-electron chi connectivity index (χ0n) is 15.8. The summed E-state index contributed by atoms with van der Waals surface area (Å²) in [5.41, 5.74) is 1.32. The fourth-order valence-electron chi connectivity index (χ4n) is 2.70. The van der Waals surface area contributed by atoms with E-state index in [0.29, 0.717) is 23.1 Å². The number of hydrogen-bond donors (Lipinski definition) is 0. The van der Waals surface area contributed by atoms with E-state index in [4.69, 9.17) is 14.7 Å². The van der Waals surface area contributed by atoms with Gasteiger partial charge in [-0.2, -0.15) is 5.26 Å². The van der Waals surface area contributed by atoms with Gasteiger partial charge in [0.15, 0.2) is 11.8 Å². The molecule has 7 heteroatoms. The molecule has 144 valence electrons. The summed E-state index contributed by atoms with van der Waals surface area (Å²) in [6.07, 6.45) is 0. The molecule has 2 aromatic rings. The van der Waals surface area contributed by atoms with Gasteiger partial charge < -0.3 is 9.47 Å². The van der Waals surface area contributed by atoms with Crippen LogP contribution >= 0.6 is 11.8 Å². The van der Waals surface area contributed by atoms with Gasteiger partial charge in [-0.05, 0) is 62.4 Å². The van der Waals surface area contributed by atoms with Gasteiger partial charge in [-0.3, -0.25) is 9.69 Å². The standard InChI is InChI=1S/C21H21N3O3S/c1-3-26-18-10-6-17(7-11-18)23-21-24(15(2)14-28-21)20(25)13-27-19-8-4-16(12-22)5-9-19/h4-11,15H,3,13-14H2,1-2H3/t15-/m0/s1. The quantitative estimate of drug-likeness (QED) is 0.739. The first kappa shape index (κ1) is 19.8. The summed E-state index contributed by atoms with van der Waals surface area (Å²) in [5, 5.41) is 9.51. The van der Waals surface area contributed by atoms with Crippen LogP contribution in [-0.2, 0) is 4.79 Å². The third kappa shape index (κ3) is 4.84. The maximum atomic E-state index is 12.7. The molecule has 0 aromatic heterocycles. The van der Waals surface area contributed by atoms with Crippen molar-refractivity contribution >= 4 is 28.5 Å². The van der Waals surface area contributed by atoms with E-state index < -0.39 is 0 Å². The lowest BCUT2D eigenvalue weighted by Gasteiger charge is -2.21. The monoisotopic (exact) mass is 395 g/mol. The van der Waals surface area contributed by atoms with Crippen molar-refractivity contribution < 1.29 is 14.3 Å². The van der Waals surface area contributed by atoms with Crippen molar-refractivity contribution in [1.82, 2.24) is 4.90 Å². The molecule has 1 saturated heterocycles. The molecule has 0 N–H and O–H groups in total. The second-order valence-corrected chi connectivity index (χ2v) is 7.16. The zero-order chi connectivity index (χ0) is 19.9. The Bertz CT molecular complexity index is 889. The molecular formula is C21H21N3O3S. The van der Waals surface area contributed by atoms with Crippen molar-refractivity contribution in [3.8, 4) is 17.6 Å². The van der Waals surface area contributed by atoms with Crippen LogP contribution in [0.5, 0.6) is 11.5 Å². The number of hydrogen-bond acceptors (Lipinski definition) is 6. The van der Waals surface area contributed by atoms with Crippen molar-refractivity contribution in [3.63, 3.8) is 0 Å². The minimum atomic E-state index is -0.147.